The van der Waals surface area contributed by atoms with Gasteiger partial charge in [-0.25, -0.2) is 9.59 Å². The highest BCUT2D eigenvalue weighted by atomic mass is 16.6. The Morgan fingerprint density at radius 2 is 1.27 bits per heavy atom. The molecule has 4 heteroatoms. The topological polar surface area (TPSA) is 52.6 Å². The molecule has 1 saturated carbocycles. The summed E-state index contributed by atoms with van der Waals surface area (Å²) in [6.07, 6.45) is 8.48. The van der Waals surface area contributed by atoms with Crippen molar-refractivity contribution in [2.75, 3.05) is 0 Å². The predicted molar refractivity (Wildman–Crippen MR) is 107 cm³/mol. The number of rotatable bonds is 3. The quantitative estimate of drug-likeness (QED) is 0.471. The Hall–Kier alpha value is -1.58. The fraction of sp³-hybridized carbons (Fsp3) is 0.727. The largest absolute Gasteiger partial charge is 0.457 e. The first-order chi connectivity index (χ1) is 11.7. The third-order valence-corrected chi connectivity index (χ3v) is 3.60. The van der Waals surface area contributed by atoms with E-state index in [4.69, 9.17) is 9.47 Å². The van der Waals surface area contributed by atoms with Gasteiger partial charge in [-0.05, 0) is 74.1 Å². The normalized spacial score (nSPS) is 16.2. The molecule has 0 aliphatic heterocycles. The monoisotopic (exact) mass is 366 g/mol. The molecule has 1 rings (SSSR count). The molecule has 0 aromatic carbocycles. The molecule has 0 bridgehead atoms. The molecule has 0 heterocycles. The van der Waals surface area contributed by atoms with Gasteiger partial charge < -0.3 is 9.47 Å². The van der Waals surface area contributed by atoms with Crippen molar-refractivity contribution in [3.05, 3.63) is 23.8 Å². The van der Waals surface area contributed by atoms with Crippen molar-refractivity contribution < 1.29 is 19.1 Å². The summed E-state index contributed by atoms with van der Waals surface area (Å²) in [7, 11) is 0. The summed E-state index contributed by atoms with van der Waals surface area (Å²) < 4.78 is 10.3. The van der Waals surface area contributed by atoms with E-state index in [9.17, 15) is 9.59 Å². The van der Waals surface area contributed by atoms with Gasteiger partial charge in [0.25, 0.3) is 0 Å². The minimum atomic E-state index is -0.407. The minimum Gasteiger partial charge on any atom is -0.457 e. The third-order valence-electron chi connectivity index (χ3n) is 3.60. The zero-order chi connectivity index (χ0) is 20.5. The van der Waals surface area contributed by atoms with Gasteiger partial charge >= 0.3 is 11.9 Å². The number of carbonyl (C=O) groups excluding carboxylic acids is 2. The van der Waals surface area contributed by atoms with Crippen LogP contribution in [0.25, 0.3) is 0 Å². The molecule has 0 unspecified atom stereocenters. The smallest absolute Gasteiger partial charge is 0.333 e. The summed E-state index contributed by atoms with van der Waals surface area (Å²) in [6.45, 7) is 18.1. The second-order valence-corrected chi connectivity index (χ2v) is 9.03. The van der Waals surface area contributed by atoms with Gasteiger partial charge in [-0.15, -0.1) is 0 Å². The Morgan fingerprint density at radius 3 is 1.62 bits per heavy atom. The highest BCUT2D eigenvalue weighted by Crippen LogP contribution is 2.26. The zero-order valence-corrected chi connectivity index (χ0v) is 18.0. The molecule has 150 valence electrons. The molecule has 1 fully saturated rings. The molecule has 0 aromatic heterocycles. The lowest BCUT2D eigenvalue weighted by Crippen LogP contribution is -2.24. The molecule has 26 heavy (non-hydrogen) atoms. The fourth-order valence-electron chi connectivity index (χ4n) is 2.45. The van der Waals surface area contributed by atoms with Crippen LogP contribution in [0.1, 0.15) is 87.5 Å². The second-order valence-electron chi connectivity index (χ2n) is 9.03. The SMILES string of the molecule is C=C(C)C(=O)OC(C)(C)C.CC(=CC1CCCCC1)C(=O)OC(C)(C)C. The third kappa shape index (κ3) is 12.7. The highest BCUT2D eigenvalue weighted by Gasteiger charge is 2.19. The van der Waals surface area contributed by atoms with Crippen LogP contribution in [-0.4, -0.2) is 23.1 Å². The maximum Gasteiger partial charge on any atom is 0.333 e. The summed E-state index contributed by atoms with van der Waals surface area (Å²) in [5.41, 5.74) is 0.408. The molecule has 1 aliphatic rings. The molecule has 0 atom stereocenters. The number of ether oxygens (including phenoxy) is 2. The van der Waals surface area contributed by atoms with Crippen LogP contribution in [0.3, 0.4) is 0 Å². The van der Waals surface area contributed by atoms with Crippen LogP contribution in [0, 0.1) is 5.92 Å². The van der Waals surface area contributed by atoms with Crippen LogP contribution < -0.4 is 0 Å². The molecular formula is C22H38O4. The fourth-order valence-corrected chi connectivity index (χ4v) is 2.45. The van der Waals surface area contributed by atoms with Crippen molar-refractivity contribution in [3.8, 4) is 0 Å². The molecule has 0 N–H and O–H groups in total. The average Bonchev–Trinajstić information content (AvgIpc) is 2.45. The summed E-state index contributed by atoms with van der Waals surface area (Å²) in [5.74, 6) is 0.0897. The number of hydrogen-bond donors (Lipinski definition) is 0. The molecule has 1 aliphatic carbocycles. The van der Waals surface area contributed by atoms with Crippen molar-refractivity contribution in [1.29, 1.82) is 0 Å². The van der Waals surface area contributed by atoms with Crippen LogP contribution in [0.2, 0.25) is 0 Å². The van der Waals surface area contributed by atoms with Gasteiger partial charge in [-0.1, -0.05) is 31.9 Å². The Morgan fingerprint density at radius 1 is 0.846 bits per heavy atom. The van der Waals surface area contributed by atoms with Crippen LogP contribution in [0.5, 0.6) is 0 Å². The zero-order valence-electron chi connectivity index (χ0n) is 18.0. The maximum absolute atomic E-state index is 11.7. The van der Waals surface area contributed by atoms with Gasteiger partial charge in [0.1, 0.15) is 11.2 Å². The minimum absolute atomic E-state index is 0.168. The van der Waals surface area contributed by atoms with Crippen molar-refractivity contribution in [2.24, 2.45) is 5.92 Å². The molecule has 0 amide bonds. The Bertz CT molecular complexity index is 509. The van der Waals surface area contributed by atoms with Crippen LogP contribution in [0.15, 0.2) is 23.8 Å². The van der Waals surface area contributed by atoms with Gasteiger partial charge in [0.2, 0.25) is 0 Å². The van der Waals surface area contributed by atoms with E-state index in [1.807, 2.05) is 48.5 Å². The van der Waals surface area contributed by atoms with Crippen molar-refractivity contribution in [2.45, 2.75) is 98.7 Å². The van der Waals surface area contributed by atoms with E-state index < -0.39 is 11.2 Å². The molecule has 0 saturated heterocycles. The van der Waals surface area contributed by atoms with Crippen molar-refractivity contribution >= 4 is 11.9 Å². The van der Waals surface area contributed by atoms with E-state index >= 15 is 0 Å². The number of allylic oxidation sites excluding steroid dienone is 1. The van der Waals surface area contributed by atoms with E-state index in [-0.39, 0.29) is 11.9 Å². The van der Waals surface area contributed by atoms with Crippen LogP contribution >= 0.6 is 0 Å². The predicted octanol–water partition coefficient (Wildman–Crippen LogP) is 5.76. The number of hydrogen-bond acceptors (Lipinski definition) is 4. The van der Waals surface area contributed by atoms with E-state index in [0.717, 1.165) is 5.57 Å². The van der Waals surface area contributed by atoms with Gasteiger partial charge in [-0.2, -0.15) is 0 Å². The number of esters is 2. The lowest BCUT2D eigenvalue weighted by Gasteiger charge is -2.21. The standard InChI is InChI=1S/C14H24O2.C8H14O2/c1-11(13(15)16-14(2,3)4)10-12-8-6-5-7-9-12;1-6(2)7(9)10-8(3,4)5/h10,12H,5-9H2,1-4H3;1H2,2-5H3. The van der Waals surface area contributed by atoms with E-state index in [1.54, 1.807) is 6.92 Å². The van der Waals surface area contributed by atoms with E-state index in [0.29, 0.717) is 11.5 Å². The number of carbonyl (C=O) groups is 2. The summed E-state index contributed by atoms with van der Waals surface area (Å²) >= 11 is 0. The maximum atomic E-state index is 11.7. The van der Waals surface area contributed by atoms with Gasteiger partial charge in [0.15, 0.2) is 0 Å². The first-order valence-electron chi connectivity index (χ1n) is 9.52. The van der Waals surface area contributed by atoms with E-state index in [1.165, 1.54) is 32.1 Å². The lowest BCUT2D eigenvalue weighted by molar-refractivity contribution is -0.150. The summed E-state index contributed by atoms with van der Waals surface area (Å²) in [5, 5.41) is 0. The Balaban J connectivity index is 0.000000541. The Kier molecular flexibility index (Phi) is 9.90. The van der Waals surface area contributed by atoms with Gasteiger partial charge in [0.05, 0.1) is 0 Å². The first kappa shape index (κ1) is 24.4. The van der Waals surface area contributed by atoms with Crippen molar-refractivity contribution in [3.63, 3.8) is 0 Å². The lowest BCUT2D eigenvalue weighted by atomic mass is 9.88. The second kappa shape index (κ2) is 10.5. The van der Waals surface area contributed by atoms with Gasteiger partial charge in [-0.3, -0.25) is 0 Å². The average molecular weight is 367 g/mol. The van der Waals surface area contributed by atoms with Crippen LogP contribution in [0.4, 0.5) is 0 Å². The van der Waals surface area contributed by atoms with Crippen LogP contribution in [-0.2, 0) is 19.1 Å². The van der Waals surface area contributed by atoms with Gasteiger partial charge in [0, 0.05) is 11.1 Å². The summed E-state index contributed by atoms with van der Waals surface area (Å²) in [4.78, 5) is 22.6. The molecule has 0 spiro atoms. The Labute approximate surface area is 160 Å². The van der Waals surface area contributed by atoms with Crippen molar-refractivity contribution in [1.82, 2.24) is 0 Å². The molecule has 0 radical (unpaired) electrons. The highest BCUT2D eigenvalue weighted by molar-refractivity contribution is 5.88. The first-order valence-corrected chi connectivity index (χ1v) is 9.52. The molecule has 0 aromatic rings. The molecule has 4 nitrogen and oxygen atoms in total. The summed E-state index contributed by atoms with van der Waals surface area (Å²) in [6, 6.07) is 0. The van der Waals surface area contributed by atoms with E-state index in [2.05, 4.69) is 12.7 Å². The molecular weight excluding hydrogens is 328 g/mol.